The summed E-state index contributed by atoms with van der Waals surface area (Å²) in [4.78, 5) is 0. The summed E-state index contributed by atoms with van der Waals surface area (Å²) in [5.74, 6) is 1.83. The second kappa shape index (κ2) is 33.7. The molecule has 232 valence electrons. The van der Waals surface area contributed by atoms with Crippen LogP contribution in [0.25, 0.3) is 0 Å². The third-order valence-corrected chi connectivity index (χ3v) is 8.87. The summed E-state index contributed by atoms with van der Waals surface area (Å²) in [5.41, 5.74) is 0. The first-order chi connectivity index (χ1) is 19.2. The predicted molar refractivity (Wildman–Crippen MR) is 182 cm³/mol. The Morgan fingerprint density at radius 3 is 0.872 bits per heavy atom. The summed E-state index contributed by atoms with van der Waals surface area (Å²) in [6, 6.07) is 0. The van der Waals surface area contributed by atoms with Crippen molar-refractivity contribution in [2.75, 3.05) is 0 Å². The molecule has 0 aliphatic carbocycles. The molecule has 39 heavy (non-hydrogen) atoms. The minimum absolute atomic E-state index is 0.866. The first-order valence-electron chi connectivity index (χ1n) is 18.5. The smallest absolute Gasteiger partial charge is 0.0351 e. The van der Waals surface area contributed by atoms with E-state index in [9.17, 15) is 0 Å². The van der Waals surface area contributed by atoms with Crippen LogP contribution in [0.2, 0.25) is 0 Å². The maximum atomic E-state index is 2.46. The highest BCUT2D eigenvalue weighted by atomic mass is 14.2. The second-order valence-corrected chi connectivity index (χ2v) is 13.1. The second-order valence-electron chi connectivity index (χ2n) is 13.1. The van der Waals surface area contributed by atoms with Crippen LogP contribution in [0, 0.1) is 11.8 Å². The van der Waals surface area contributed by atoms with Crippen molar-refractivity contribution in [2.45, 2.75) is 214 Å². The summed E-state index contributed by atoms with van der Waals surface area (Å²) in [6.07, 6.45) is 50.8. The fourth-order valence-electron chi connectivity index (χ4n) is 5.94. The summed E-state index contributed by atoms with van der Waals surface area (Å²) >= 11 is 0. The molecule has 0 saturated heterocycles. The minimum atomic E-state index is 0.866. The Morgan fingerprint density at radius 1 is 0.333 bits per heavy atom. The zero-order valence-corrected chi connectivity index (χ0v) is 28.0. The fourth-order valence-corrected chi connectivity index (χ4v) is 5.94. The third-order valence-electron chi connectivity index (χ3n) is 8.87. The lowest BCUT2D eigenvalue weighted by atomic mass is 9.85. The molecular formula is C39H76. The number of unbranched alkanes of at least 4 members (excludes halogenated alkanes) is 23. The Hall–Kier alpha value is -0.520. The molecule has 0 bridgehead atoms. The first-order valence-corrected chi connectivity index (χ1v) is 18.5. The maximum Gasteiger partial charge on any atom is -0.0351 e. The van der Waals surface area contributed by atoms with Gasteiger partial charge in [-0.15, -0.1) is 0 Å². The molecule has 0 N–H and O–H groups in total. The summed E-state index contributed by atoms with van der Waals surface area (Å²) in [7, 11) is 0. The molecule has 0 aromatic heterocycles. The van der Waals surface area contributed by atoms with E-state index in [0.717, 1.165) is 11.8 Å². The van der Waals surface area contributed by atoms with Gasteiger partial charge in [0.05, 0.1) is 0 Å². The van der Waals surface area contributed by atoms with Gasteiger partial charge in [0.1, 0.15) is 0 Å². The van der Waals surface area contributed by atoms with Crippen LogP contribution in [0.5, 0.6) is 0 Å². The van der Waals surface area contributed by atoms with Crippen LogP contribution in [0.3, 0.4) is 0 Å². The monoisotopic (exact) mass is 545 g/mol. The van der Waals surface area contributed by atoms with E-state index >= 15 is 0 Å². The molecule has 1 atom stereocenters. The molecule has 0 heterocycles. The van der Waals surface area contributed by atoms with Crippen LogP contribution in [-0.4, -0.2) is 0 Å². The molecule has 0 fully saturated rings. The van der Waals surface area contributed by atoms with Crippen LogP contribution in [-0.2, 0) is 0 Å². The van der Waals surface area contributed by atoms with Gasteiger partial charge in [0.2, 0.25) is 0 Å². The van der Waals surface area contributed by atoms with Crippen LogP contribution in [0.4, 0.5) is 0 Å². The Bertz CT molecular complexity index is 484. The lowest BCUT2D eigenvalue weighted by Gasteiger charge is -2.20. The average molecular weight is 545 g/mol. The Balaban J connectivity index is 3.47. The Morgan fingerprint density at radius 2 is 0.590 bits per heavy atom. The van der Waals surface area contributed by atoms with Crippen molar-refractivity contribution in [2.24, 2.45) is 11.8 Å². The summed E-state index contributed by atoms with van der Waals surface area (Å²) in [5, 5.41) is 0. The molecule has 0 aromatic rings. The fraction of sp³-hybridized carbons (Fsp3) is 0.897. The van der Waals surface area contributed by atoms with Crippen molar-refractivity contribution >= 4 is 0 Å². The van der Waals surface area contributed by atoms with Crippen molar-refractivity contribution in [1.29, 1.82) is 0 Å². The van der Waals surface area contributed by atoms with Gasteiger partial charge in [-0.1, -0.05) is 187 Å². The maximum absolute atomic E-state index is 2.46. The molecule has 0 radical (unpaired) electrons. The molecule has 0 amide bonds. The average Bonchev–Trinajstić information content (AvgIpc) is 2.93. The van der Waals surface area contributed by atoms with Gasteiger partial charge in [0, 0.05) is 0 Å². The first kappa shape index (κ1) is 38.5. The van der Waals surface area contributed by atoms with Crippen molar-refractivity contribution in [3.05, 3.63) is 24.3 Å². The van der Waals surface area contributed by atoms with Crippen LogP contribution in [0.15, 0.2) is 24.3 Å². The number of hydrogen-bond acceptors (Lipinski definition) is 0. The lowest BCUT2D eigenvalue weighted by molar-refractivity contribution is 0.313. The van der Waals surface area contributed by atoms with Crippen LogP contribution < -0.4 is 0 Å². The zero-order chi connectivity index (χ0) is 28.5. The standard InChI is InChI=1S/C39H76/c1-5-7-9-11-13-15-17-19-21-23-25-27-29-31-33-35-37-39(38(3)4)36-34-32-30-28-26-24-22-20-18-16-14-12-10-8-6-2/h19-22,38-39H,5-18,23-37H2,1-4H3/b21-19-,22-20-. The molecule has 0 aromatic carbocycles. The van der Waals surface area contributed by atoms with Crippen molar-refractivity contribution in [3.8, 4) is 0 Å². The molecule has 0 nitrogen and oxygen atoms in total. The molecule has 0 aliphatic heterocycles. The SMILES string of the molecule is CCCCCCCC/C=C\CCCCCCCCC(CCCCCCC/C=C\CCCCCCCC)C(C)C. The van der Waals surface area contributed by atoms with Crippen LogP contribution in [0.1, 0.15) is 214 Å². The number of hydrogen-bond donors (Lipinski definition) is 0. The van der Waals surface area contributed by atoms with Crippen LogP contribution >= 0.6 is 0 Å². The highest BCUT2D eigenvalue weighted by Gasteiger charge is 2.12. The van der Waals surface area contributed by atoms with Gasteiger partial charge < -0.3 is 0 Å². The molecule has 0 spiro atoms. The molecule has 0 rings (SSSR count). The Kier molecular flexibility index (Phi) is 33.2. The van der Waals surface area contributed by atoms with E-state index in [1.807, 2.05) is 0 Å². The normalized spacial score (nSPS) is 12.9. The van der Waals surface area contributed by atoms with Gasteiger partial charge in [0.15, 0.2) is 0 Å². The molecular weight excluding hydrogens is 468 g/mol. The molecule has 1 unspecified atom stereocenters. The van der Waals surface area contributed by atoms with E-state index in [2.05, 4.69) is 52.0 Å². The number of allylic oxidation sites excluding steroid dienone is 4. The largest absolute Gasteiger partial charge is 0.0885 e. The van der Waals surface area contributed by atoms with Gasteiger partial charge in [0.25, 0.3) is 0 Å². The summed E-state index contributed by atoms with van der Waals surface area (Å²) < 4.78 is 0. The summed E-state index contributed by atoms with van der Waals surface area (Å²) in [6.45, 7) is 9.52. The molecule has 0 heteroatoms. The van der Waals surface area contributed by atoms with Crippen molar-refractivity contribution < 1.29 is 0 Å². The topological polar surface area (TPSA) is 0 Å². The van der Waals surface area contributed by atoms with E-state index in [1.165, 1.54) is 186 Å². The van der Waals surface area contributed by atoms with Gasteiger partial charge in [-0.2, -0.15) is 0 Å². The zero-order valence-electron chi connectivity index (χ0n) is 28.0. The lowest BCUT2D eigenvalue weighted by Crippen LogP contribution is -2.08. The number of rotatable bonds is 32. The van der Waals surface area contributed by atoms with Gasteiger partial charge >= 0.3 is 0 Å². The van der Waals surface area contributed by atoms with E-state index in [-0.39, 0.29) is 0 Å². The Labute approximate surface area is 249 Å². The van der Waals surface area contributed by atoms with E-state index < -0.39 is 0 Å². The van der Waals surface area contributed by atoms with E-state index in [4.69, 9.17) is 0 Å². The van der Waals surface area contributed by atoms with Crippen molar-refractivity contribution in [3.63, 3.8) is 0 Å². The minimum Gasteiger partial charge on any atom is -0.0885 e. The van der Waals surface area contributed by atoms with E-state index in [0.29, 0.717) is 0 Å². The quantitative estimate of drug-likeness (QED) is 0.0583. The molecule has 0 aliphatic rings. The van der Waals surface area contributed by atoms with Gasteiger partial charge in [-0.05, 0) is 63.2 Å². The van der Waals surface area contributed by atoms with Gasteiger partial charge in [-0.3, -0.25) is 0 Å². The third kappa shape index (κ3) is 31.9. The highest BCUT2D eigenvalue weighted by Crippen LogP contribution is 2.25. The van der Waals surface area contributed by atoms with Crippen molar-refractivity contribution in [1.82, 2.24) is 0 Å². The highest BCUT2D eigenvalue weighted by molar-refractivity contribution is 4.82. The van der Waals surface area contributed by atoms with E-state index in [1.54, 1.807) is 0 Å². The molecule has 0 saturated carbocycles. The predicted octanol–water partition coefficient (Wildman–Crippen LogP) is 14.7. The van der Waals surface area contributed by atoms with Gasteiger partial charge in [-0.25, -0.2) is 0 Å².